The van der Waals surface area contributed by atoms with Crippen LogP contribution in [-0.4, -0.2) is 0 Å². The first-order valence-electron chi connectivity index (χ1n) is 5.20. The largest absolute Gasteiger partial charge is 0.133 e. The Kier molecular flexibility index (Phi) is 4.87. The zero-order chi connectivity index (χ0) is 12.4. The lowest BCUT2D eigenvalue weighted by Crippen LogP contribution is -1.95. The van der Waals surface area contributed by atoms with Crippen LogP contribution in [0.1, 0.15) is 20.8 Å². The topological polar surface area (TPSA) is 0 Å². The van der Waals surface area contributed by atoms with E-state index in [2.05, 4.69) is 85.0 Å². The first-order chi connectivity index (χ1) is 8.06. The second-order valence-electron chi connectivity index (χ2n) is 3.86. The summed E-state index contributed by atoms with van der Waals surface area (Å²) in [7, 11) is 0. The molecule has 2 rings (SSSR count). The third-order valence-electron chi connectivity index (χ3n) is 2.57. The Hall–Kier alpha value is 0.360. The van der Waals surface area contributed by atoms with Crippen molar-refractivity contribution in [3.05, 3.63) is 54.6 Å². The summed E-state index contributed by atoms with van der Waals surface area (Å²) in [6.07, 6.45) is 1.00. The number of alkyl halides is 1. The summed E-state index contributed by atoms with van der Waals surface area (Å²) in [5, 5.41) is 0. The number of benzene rings is 1. The average Bonchev–Trinajstić information content (AvgIpc) is 2.58. The SMILES string of the molecule is Cc1sc(Br)cc1C(Br)Cc1cccc(Br)c1. The van der Waals surface area contributed by atoms with Gasteiger partial charge < -0.3 is 0 Å². The van der Waals surface area contributed by atoms with Crippen LogP contribution in [0.2, 0.25) is 0 Å². The maximum atomic E-state index is 3.78. The summed E-state index contributed by atoms with van der Waals surface area (Å²) in [5.74, 6) is 0. The molecular weight excluding hydrogens is 428 g/mol. The molecule has 1 unspecified atom stereocenters. The van der Waals surface area contributed by atoms with E-state index >= 15 is 0 Å². The molecule has 0 nitrogen and oxygen atoms in total. The molecule has 1 heterocycles. The monoisotopic (exact) mass is 436 g/mol. The van der Waals surface area contributed by atoms with Gasteiger partial charge in [0.15, 0.2) is 0 Å². The number of hydrogen-bond acceptors (Lipinski definition) is 1. The highest BCUT2D eigenvalue weighted by Gasteiger charge is 2.14. The molecule has 1 aromatic carbocycles. The summed E-state index contributed by atoms with van der Waals surface area (Å²) in [4.78, 5) is 1.74. The molecule has 0 aliphatic heterocycles. The van der Waals surface area contributed by atoms with Crippen LogP contribution >= 0.6 is 59.1 Å². The molecule has 0 fully saturated rings. The molecule has 17 heavy (non-hydrogen) atoms. The van der Waals surface area contributed by atoms with Crippen LogP contribution in [0.4, 0.5) is 0 Å². The van der Waals surface area contributed by atoms with E-state index in [0.717, 1.165) is 10.9 Å². The van der Waals surface area contributed by atoms with Gasteiger partial charge in [0.1, 0.15) is 0 Å². The van der Waals surface area contributed by atoms with Crippen molar-refractivity contribution in [3.8, 4) is 0 Å². The molecule has 0 saturated heterocycles. The van der Waals surface area contributed by atoms with Crippen molar-refractivity contribution in [2.45, 2.75) is 18.2 Å². The highest BCUT2D eigenvalue weighted by atomic mass is 79.9. The maximum Gasteiger partial charge on any atom is 0.0704 e. The van der Waals surface area contributed by atoms with Crippen molar-refractivity contribution < 1.29 is 0 Å². The van der Waals surface area contributed by atoms with Gasteiger partial charge >= 0.3 is 0 Å². The minimum atomic E-state index is 0.374. The highest BCUT2D eigenvalue weighted by Crippen LogP contribution is 2.36. The number of rotatable bonds is 3. The van der Waals surface area contributed by atoms with Gasteiger partial charge in [0.25, 0.3) is 0 Å². The summed E-state index contributed by atoms with van der Waals surface area (Å²) in [6.45, 7) is 2.17. The molecule has 90 valence electrons. The number of halogens is 3. The van der Waals surface area contributed by atoms with Gasteiger partial charge in [-0.05, 0) is 58.6 Å². The molecule has 1 atom stereocenters. The summed E-state index contributed by atoms with van der Waals surface area (Å²) in [6, 6.07) is 10.7. The normalized spacial score (nSPS) is 12.7. The van der Waals surface area contributed by atoms with Gasteiger partial charge in [0.05, 0.1) is 3.79 Å². The summed E-state index contributed by atoms with van der Waals surface area (Å²) < 4.78 is 2.33. The van der Waals surface area contributed by atoms with E-state index in [0.29, 0.717) is 4.83 Å². The van der Waals surface area contributed by atoms with E-state index in [4.69, 9.17) is 0 Å². The highest BCUT2D eigenvalue weighted by molar-refractivity contribution is 9.11. The molecule has 0 N–H and O–H groups in total. The Balaban J connectivity index is 2.16. The predicted molar refractivity (Wildman–Crippen MR) is 86.3 cm³/mol. The quantitative estimate of drug-likeness (QED) is 0.496. The maximum absolute atomic E-state index is 3.78. The van der Waals surface area contributed by atoms with Crippen LogP contribution in [0.3, 0.4) is 0 Å². The van der Waals surface area contributed by atoms with Crippen molar-refractivity contribution in [1.29, 1.82) is 0 Å². The van der Waals surface area contributed by atoms with Gasteiger partial charge in [-0.15, -0.1) is 11.3 Å². The van der Waals surface area contributed by atoms with Crippen LogP contribution in [0, 0.1) is 6.92 Å². The minimum Gasteiger partial charge on any atom is -0.133 e. The molecule has 0 bridgehead atoms. The second-order valence-corrected chi connectivity index (χ2v) is 8.52. The Bertz CT molecular complexity index is 519. The van der Waals surface area contributed by atoms with Crippen molar-refractivity contribution in [1.82, 2.24) is 0 Å². The Morgan fingerprint density at radius 2 is 2.00 bits per heavy atom. The Morgan fingerprint density at radius 1 is 1.24 bits per heavy atom. The van der Waals surface area contributed by atoms with E-state index in [9.17, 15) is 0 Å². The van der Waals surface area contributed by atoms with Crippen LogP contribution in [0.15, 0.2) is 38.6 Å². The van der Waals surface area contributed by atoms with E-state index in [-0.39, 0.29) is 0 Å². The molecule has 0 saturated carbocycles. The average molecular weight is 439 g/mol. The first kappa shape index (κ1) is 13.8. The van der Waals surface area contributed by atoms with Gasteiger partial charge in [0, 0.05) is 14.2 Å². The van der Waals surface area contributed by atoms with E-state index < -0.39 is 0 Å². The molecule has 0 radical (unpaired) electrons. The predicted octanol–water partition coefficient (Wildman–Crippen LogP) is 6.26. The van der Waals surface area contributed by atoms with Crippen LogP contribution < -0.4 is 0 Å². The smallest absolute Gasteiger partial charge is 0.0704 e. The molecule has 4 heteroatoms. The van der Waals surface area contributed by atoms with Crippen LogP contribution in [0.5, 0.6) is 0 Å². The Morgan fingerprint density at radius 3 is 2.59 bits per heavy atom. The summed E-state index contributed by atoms with van der Waals surface area (Å²) >= 11 is 12.6. The van der Waals surface area contributed by atoms with Crippen molar-refractivity contribution in [2.75, 3.05) is 0 Å². The fourth-order valence-corrected chi connectivity index (χ4v) is 4.97. The van der Waals surface area contributed by atoms with Gasteiger partial charge in [-0.2, -0.15) is 0 Å². The van der Waals surface area contributed by atoms with Gasteiger partial charge in [0.2, 0.25) is 0 Å². The second kappa shape index (κ2) is 6.00. The van der Waals surface area contributed by atoms with Gasteiger partial charge in [-0.25, -0.2) is 0 Å². The lowest BCUT2D eigenvalue weighted by molar-refractivity contribution is 0.945. The molecule has 0 amide bonds. The zero-order valence-electron chi connectivity index (χ0n) is 9.21. The third-order valence-corrected chi connectivity index (χ3v) is 5.45. The van der Waals surface area contributed by atoms with Crippen molar-refractivity contribution in [2.24, 2.45) is 0 Å². The van der Waals surface area contributed by atoms with E-state index in [1.54, 1.807) is 11.3 Å². The summed E-state index contributed by atoms with van der Waals surface area (Å²) in [5.41, 5.74) is 2.71. The molecule has 0 aliphatic rings. The zero-order valence-corrected chi connectivity index (χ0v) is 14.8. The van der Waals surface area contributed by atoms with E-state index in [1.807, 2.05) is 0 Å². The number of hydrogen-bond donors (Lipinski definition) is 0. The minimum absolute atomic E-state index is 0.374. The third kappa shape index (κ3) is 3.66. The fraction of sp³-hybridized carbons (Fsp3) is 0.231. The number of aryl methyl sites for hydroxylation is 1. The standard InChI is InChI=1S/C13H11Br3S/c1-8-11(7-13(16)17-8)12(15)6-9-3-2-4-10(14)5-9/h2-5,7,12H,6H2,1H3. The molecular formula is C13H11Br3S. The Labute approximate surface area is 131 Å². The lowest BCUT2D eigenvalue weighted by atomic mass is 10.1. The van der Waals surface area contributed by atoms with Gasteiger partial charge in [-0.1, -0.05) is 44.0 Å². The van der Waals surface area contributed by atoms with Crippen molar-refractivity contribution in [3.63, 3.8) is 0 Å². The lowest BCUT2D eigenvalue weighted by Gasteiger charge is -2.10. The molecule has 2 aromatic rings. The molecule has 0 aliphatic carbocycles. The molecule has 0 spiro atoms. The van der Waals surface area contributed by atoms with Crippen LogP contribution in [-0.2, 0) is 6.42 Å². The fourth-order valence-electron chi connectivity index (χ4n) is 1.75. The van der Waals surface area contributed by atoms with Gasteiger partial charge in [-0.3, -0.25) is 0 Å². The van der Waals surface area contributed by atoms with Crippen LogP contribution in [0.25, 0.3) is 0 Å². The first-order valence-corrected chi connectivity index (χ1v) is 8.52. The number of thiophene rings is 1. The van der Waals surface area contributed by atoms with Crippen molar-refractivity contribution >= 4 is 59.1 Å². The molecule has 1 aromatic heterocycles. The van der Waals surface area contributed by atoms with E-state index in [1.165, 1.54) is 19.8 Å².